The molecule has 9 heteroatoms. The highest BCUT2D eigenvalue weighted by Gasteiger charge is 2.18. The molecule has 3 rings (SSSR count). The predicted molar refractivity (Wildman–Crippen MR) is 124 cm³/mol. The second kappa shape index (κ2) is 11.2. The standard InChI is InChI=1S/C20H30N6O2.HI/c1-14-24-25-19(26(14)3)13-23-20(21-2)22-12-15-9-10-17(27-4)11-18(15)28-16-7-5-6-8-16;/h9-11,16H,5-8,12-13H2,1-4H3,(H2,21,22,23);1H. The fourth-order valence-corrected chi connectivity index (χ4v) is 3.27. The lowest BCUT2D eigenvalue weighted by molar-refractivity contribution is 0.207. The Bertz CT molecular complexity index is 817. The number of guanidine groups is 1. The predicted octanol–water partition coefficient (Wildman–Crippen LogP) is 2.94. The van der Waals surface area contributed by atoms with Crippen molar-refractivity contribution in [3.8, 4) is 11.5 Å². The van der Waals surface area contributed by atoms with Gasteiger partial charge in [0.25, 0.3) is 0 Å². The van der Waals surface area contributed by atoms with Crippen molar-refractivity contribution in [2.45, 2.75) is 51.8 Å². The number of hydrogen-bond donors (Lipinski definition) is 2. The quantitative estimate of drug-likeness (QED) is 0.336. The molecule has 2 N–H and O–H groups in total. The third-order valence-electron chi connectivity index (χ3n) is 5.14. The van der Waals surface area contributed by atoms with Gasteiger partial charge in [-0.25, -0.2) is 0 Å². The molecule has 0 amide bonds. The van der Waals surface area contributed by atoms with E-state index in [4.69, 9.17) is 9.47 Å². The van der Waals surface area contributed by atoms with E-state index < -0.39 is 0 Å². The Morgan fingerprint density at radius 2 is 1.93 bits per heavy atom. The largest absolute Gasteiger partial charge is 0.497 e. The topological polar surface area (TPSA) is 85.6 Å². The highest BCUT2D eigenvalue weighted by Crippen LogP contribution is 2.29. The molecule has 2 aromatic rings. The van der Waals surface area contributed by atoms with Crippen LogP contribution < -0.4 is 20.1 Å². The molecular formula is C20H31IN6O2. The summed E-state index contributed by atoms with van der Waals surface area (Å²) in [4.78, 5) is 4.29. The summed E-state index contributed by atoms with van der Waals surface area (Å²) >= 11 is 0. The summed E-state index contributed by atoms with van der Waals surface area (Å²) < 4.78 is 13.6. The number of hydrogen-bond acceptors (Lipinski definition) is 5. The molecule has 8 nitrogen and oxygen atoms in total. The van der Waals surface area contributed by atoms with Crippen LogP contribution in [-0.4, -0.2) is 41.0 Å². The van der Waals surface area contributed by atoms with Gasteiger partial charge in [0, 0.05) is 32.3 Å². The first-order valence-electron chi connectivity index (χ1n) is 9.73. The van der Waals surface area contributed by atoms with E-state index in [-0.39, 0.29) is 24.0 Å². The van der Waals surface area contributed by atoms with Crippen LogP contribution in [0, 0.1) is 6.92 Å². The number of methoxy groups -OCH3 is 1. The van der Waals surface area contributed by atoms with Gasteiger partial charge in [-0.15, -0.1) is 34.2 Å². The van der Waals surface area contributed by atoms with Gasteiger partial charge in [-0.2, -0.15) is 0 Å². The molecule has 0 saturated heterocycles. The molecule has 0 spiro atoms. The molecule has 0 atom stereocenters. The molecular weight excluding hydrogens is 483 g/mol. The van der Waals surface area contributed by atoms with Crippen LogP contribution in [0.5, 0.6) is 11.5 Å². The molecule has 1 aliphatic carbocycles. The maximum absolute atomic E-state index is 6.26. The number of aromatic nitrogens is 3. The number of aliphatic imine (C=N–C) groups is 1. The summed E-state index contributed by atoms with van der Waals surface area (Å²) in [6.45, 7) is 3.08. The second-order valence-corrected chi connectivity index (χ2v) is 7.00. The minimum atomic E-state index is 0. The number of nitrogens with one attached hydrogen (secondary N) is 2. The van der Waals surface area contributed by atoms with Gasteiger partial charge in [0.2, 0.25) is 0 Å². The molecule has 0 unspecified atom stereocenters. The zero-order valence-electron chi connectivity index (χ0n) is 17.6. The lowest BCUT2D eigenvalue weighted by Gasteiger charge is -2.18. The molecule has 1 fully saturated rings. The van der Waals surface area contributed by atoms with Crippen LogP contribution >= 0.6 is 24.0 Å². The Kier molecular flexibility index (Phi) is 8.99. The van der Waals surface area contributed by atoms with Crippen LogP contribution in [0.25, 0.3) is 0 Å². The lowest BCUT2D eigenvalue weighted by atomic mass is 10.2. The zero-order valence-corrected chi connectivity index (χ0v) is 19.9. The fraction of sp³-hybridized carbons (Fsp3) is 0.550. The Balaban J connectivity index is 0.00000300. The molecule has 1 heterocycles. The van der Waals surface area contributed by atoms with Crippen LogP contribution in [0.3, 0.4) is 0 Å². The number of halogens is 1. The van der Waals surface area contributed by atoms with Gasteiger partial charge in [-0.3, -0.25) is 4.99 Å². The summed E-state index contributed by atoms with van der Waals surface area (Å²) in [7, 11) is 5.38. The van der Waals surface area contributed by atoms with Gasteiger partial charge in [0.15, 0.2) is 11.8 Å². The summed E-state index contributed by atoms with van der Waals surface area (Å²) in [5.41, 5.74) is 1.07. The smallest absolute Gasteiger partial charge is 0.191 e. The van der Waals surface area contributed by atoms with E-state index in [9.17, 15) is 0 Å². The van der Waals surface area contributed by atoms with Gasteiger partial charge >= 0.3 is 0 Å². The molecule has 1 saturated carbocycles. The van der Waals surface area contributed by atoms with E-state index in [1.54, 1.807) is 14.2 Å². The molecule has 0 aliphatic heterocycles. The average molecular weight is 514 g/mol. The van der Waals surface area contributed by atoms with Crippen LogP contribution in [0.4, 0.5) is 0 Å². The van der Waals surface area contributed by atoms with Gasteiger partial charge in [0.1, 0.15) is 17.3 Å². The van der Waals surface area contributed by atoms with E-state index >= 15 is 0 Å². The van der Waals surface area contributed by atoms with Crippen molar-refractivity contribution in [2.75, 3.05) is 14.2 Å². The summed E-state index contributed by atoms with van der Waals surface area (Å²) in [5.74, 6) is 4.11. The van der Waals surface area contributed by atoms with E-state index in [1.807, 2.05) is 36.7 Å². The fourth-order valence-electron chi connectivity index (χ4n) is 3.27. The van der Waals surface area contributed by atoms with Crippen molar-refractivity contribution in [2.24, 2.45) is 12.0 Å². The molecule has 1 aliphatic rings. The van der Waals surface area contributed by atoms with Gasteiger partial charge < -0.3 is 24.7 Å². The molecule has 1 aromatic carbocycles. The first-order chi connectivity index (χ1) is 13.6. The van der Waals surface area contributed by atoms with Crippen molar-refractivity contribution in [3.05, 3.63) is 35.4 Å². The van der Waals surface area contributed by atoms with E-state index in [0.717, 1.165) is 41.6 Å². The highest BCUT2D eigenvalue weighted by atomic mass is 127. The maximum Gasteiger partial charge on any atom is 0.191 e. The number of nitrogens with zero attached hydrogens (tertiary/aromatic N) is 4. The Morgan fingerprint density at radius 3 is 2.55 bits per heavy atom. The van der Waals surface area contributed by atoms with E-state index in [0.29, 0.717) is 25.2 Å². The summed E-state index contributed by atoms with van der Waals surface area (Å²) in [6, 6.07) is 5.96. The van der Waals surface area contributed by atoms with Crippen LogP contribution in [0.15, 0.2) is 23.2 Å². The zero-order chi connectivity index (χ0) is 19.9. The van der Waals surface area contributed by atoms with Crippen LogP contribution in [0.1, 0.15) is 42.9 Å². The number of benzene rings is 1. The van der Waals surface area contributed by atoms with Gasteiger partial charge in [0.05, 0.1) is 19.8 Å². The van der Waals surface area contributed by atoms with Gasteiger partial charge in [-0.05, 0) is 44.7 Å². The summed E-state index contributed by atoms with van der Waals surface area (Å²) in [5, 5.41) is 14.9. The third-order valence-corrected chi connectivity index (χ3v) is 5.14. The molecule has 0 bridgehead atoms. The van der Waals surface area contributed by atoms with Crippen molar-refractivity contribution < 1.29 is 9.47 Å². The number of ether oxygens (including phenoxy) is 2. The van der Waals surface area contributed by atoms with E-state index in [1.165, 1.54) is 12.8 Å². The van der Waals surface area contributed by atoms with Crippen LogP contribution in [0.2, 0.25) is 0 Å². The van der Waals surface area contributed by atoms with Crippen molar-refractivity contribution in [3.63, 3.8) is 0 Å². The molecule has 1 aromatic heterocycles. The highest BCUT2D eigenvalue weighted by molar-refractivity contribution is 14.0. The first-order valence-corrected chi connectivity index (χ1v) is 9.73. The number of rotatable bonds is 7. The number of aryl methyl sites for hydroxylation is 1. The second-order valence-electron chi connectivity index (χ2n) is 7.00. The minimum Gasteiger partial charge on any atom is -0.497 e. The average Bonchev–Trinajstić information content (AvgIpc) is 3.33. The Labute approximate surface area is 189 Å². The Morgan fingerprint density at radius 1 is 1.21 bits per heavy atom. The van der Waals surface area contributed by atoms with Crippen molar-refractivity contribution in [1.29, 1.82) is 0 Å². The maximum atomic E-state index is 6.26. The molecule has 160 valence electrons. The molecule has 29 heavy (non-hydrogen) atoms. The third kappa shape index (κ3) is 6.22. The first kappa shape index (κ1) is 23.2. The van der Waals surface area contributed by atoms with E-state index in [2.05, 4.69) is 25.8 Å². The van der Waals surface area contributed by atoms with Crippen molar-refractivity contribution >= 4 is 29.9 Å². The normalized spacial score (nSPS) is 14.4. The Hall–Kier alpha value is -2.04. The van der Waals surface area contributed by atoms with Crippen LogP contribution in [-0.2, 0) is 20.1 Å². The lowest BCUT2D eigenvalue weighted by Crippen LogP contribution is -2.37. The van der Waals surface area contributed by atoms with Crippen molar-refractivity contribution in [1.82, 2.24) is 25.4 Å². The minimum absolute atomic E-state index is 0. The SMILES string of the molecule is CN=C(NCc1ccc(OC)cc1OC1CCCC1)NCc1nnc(C)n1C.I. The molecule has 0 radical (unpaired) electrons. The van der Waals surface area contributed by atoms with Gasteiger partial charge in [-0.1, -0.05) is 0 Å². The summed E-state index contributed by atoms with van der Waals surface area (Å²) in [6.07, 6.45) is 5.00. The monoisotopic (exact) mass is 514 g/mol.